The highest BCUT2D eigenvalue weighted by Crippen LogP contribution is 2.67. The summed E-state index contributed by atoms with van der Waals surface area (Å²) >= 11 is 0. The van der Waals surface area contributed by atoms with Gasteiger partial charge in [0.1, 0.15) is 0 Å². The summed E-state index contributed by atoms with van der Waals surface area (Å²) < 4.78 is 0. The summed E-state index contributed by atoms with van der Waals surface area (Å²) in [6.07, 6.45) is 12.8. The van der Waals surface area contributed by atoms with Crippen molar-refractivity contribution in [3.8, 4) is 0 Å². The fourth-order valence-corrected chi connectivity index (χ4v) is 7.86. The molecule has 0 amide bonds. The Morgan fingerprint density at radius 1 is 0.389 bits per heavy atom. The fourth-order valence-electron chi connectivity index (χ4n) is 7.86. The van der Waals surface area contributed by atoms with Crippen LogP contribution in [-0.4, -0.2) is 0 Å². The van der Waals surface area contributed by atoms with Gasteiger partial charge in [0.2, 0.25) is 0 Å². The monoisotopic (exact) mass is 240 g/mol. The van der Waals surface area contributed by atoms with Crippen molar-refractivity contribution in [3.05, 3.63) is 11.1 Å². The van der Waals surface area contributed by atoms with E-state index < -0.39 is 0 Å². The van der Waals surface area contributed by atoms with E-state index in [2.05, 4.69) is 11.1 Å². The van der Waals surface area contributed by atoms with Crippen molar-refractivity contribution in [3.63, 3.8) is 0 Å². The Balaban J connectivity index is 1.51. The molecule has 0 N–H and O–H groups in total. The van der Waals surface area contributed by atoms with Gasteiger partial charge in [-0.25, -0.2) is 0 Å². The minimum absolute atomic E-state index is 1.08. The Morgan fingerprint density at radius 2 is 0.611 bits per heavy atom. The van der Waals surface area contributed by atoms with Crippen molar-refractivity contribution in [1.82, 2.24) is 0 Å². The van der Waals surface area contributed by atoms with Gasteiger partial charge in [-0.3, -0.25) is 0 Å². The number of allylic oxidation sites excluding steroid dienone is 2. The smallest absolute Gasteiger partial charge is 0.0192 e. The van der Waals surface area contributed by atoms with Crippen LogP contribution < -0.4 is 0 Å². The molecule has 8 bridgehead atoms. The number of hydrogen-bond donors (Lipinski definition) is 0. The van der Waals surface area contributed by atoms with Crippen LogP contribution in [0.1, 0.15) is 51.4 Å². The highest BCUT2D eigenvalue weighted by Gasteiger charge is 2.56. The number of hydrogen-bond acceptors (Lipinski definition) is 0. The van der Waals surface area contributed by atoms with E-state index in [1.165, 1.54) is 23.7 Å². The summed E-state index contributed by atoms with van der Waals surface area (Å²) in [5, 5.41) is 0. The molecule has 0 atom stereocenters. The third-order valence-corrected chi connectivity index (χ3v) is 8.12. The van der Waals surface area contributed by atoms with E-state index in [4.69, 9.17) is 0 Å². The molecule has 0 aromatic heterocycles. The maximum atomic E-state index is 2.09. The largest absolute Gasteiger partial charge is 0.0642 e. The maximum absolute atomic E-state index is 2.09. The summed E-state index contributed by atoms with van der Waals surface area (Å²) in [5.74, 6) is 8.99. The molecular weight excluding hydrogens is 216 g/mol. The second-order valence-corrected chi connectivity index (χ2v) is 8.62. The molecule has 0 spiro atoms. The predicted molar refractivity (Wildman–Crippen MR) is 71.9 cm³/mol. The zero-order valence-corrected chi connectivity index (χ0v) is 11.3. The van der Waals surface area contributed by atoms with Crippen molar-refractivity contribution in [2.24, 2.45) is 47.3 Å². The van der Waals surface area contributed by atoms with Crippen molar-refractivity contribution >= 4 is 0 Å². The first-order valence-corrected chi connectivity index (χ1v) is 8.60. The minimum Gasteiger partial charge on any atom is -0.0642 e. The fraction of sp³-hybridized carbons (Fsp3) is 0.889. The maximum Gasteiger partial charge on any atom is -0.0192 e. The summed E-state index contributed by atoms with van der Waals surface area (Å²) in [7, 11) is 0. The van der Waals surface area contributed by atoms with E-state index in [9.17, 15) is 0 Å². The zero-order valence-electron chi connectivity index (χ0n) is 11.3. The van der Waals surface area contributed by atoms with Gasteiger partial charge in [0.05, 0.1) is 0 Å². The topological polar surface area (TPSA) is 0 Å². The van der Waals surface area contributed by atoms with Crippen LogP contribution in [-0.2, 0) is 0 Å². The van der Waals surface area contributed by atoms with E-state index in [1.54, 1.807) is 51.4 Å². The highest BCUT2D eigenvalue weighted by molar-refractivity contribution is 5.35. The van der Waals surface area contributed by atoms with Crippen molar-refractivity contribution < 1.29 is 0 Å². The quantitative estimate of drug-likeness (QED) is 0.550. The summed E-state index contributed by atoms with van der Waals surface area (Å²) in [5.41, 5.74) is 4.18. The normalized spacial score (nSPS) is 62.7. The van der Waals surface area contributed by atoms with Gasteiger partial charge >= 0.3 is 0 Å². The average Bonchev–Trinajstić information content (AvgIpc) is 2.97. The highest BCUT2D eigenvalue weighted by atomic mass is 14.6. The minimum atomic E-state index is 1.08. The third-order valence-electron chi connectivity index (χ3n) is 8.12. The summed E-state index contributed by atoms with van der Waals surface area (Å²) in [4.78, 5) is 0. The van der Waals surface area contributed by atoms with Crippen LogP contribution in [0.3, 0.4) is 0 Å². The molecule has 18 heavy (non-hydrogen) atoms. The lowest BCUT2D eigenvalue weighted by molar-refractivity contribution is 0.326. The van der Waals surface area contributed by atoms with Gasteiger partial charge in [0.25, 0.3) is 0 Å². The van der Waals surface area contributed by atoms with Crippen molar-refractivity contribution in [1.29, 1.82) is 0 Å². The lowest BCUT2D eigenvalue weighted by Crippen LogP contribution is -2.27. The first-order valence-electron chi connectivity index (χ1n) is 8.60. The average molecular weight is 240 g/mol. The standard InChI is InChI=1S/C18H24/c1-9-2-14-4-10(9)3-13(1)17(14)18-15-5-11-6-16(18)8-12(11)7-15/h9-16H,1-8H2. The molecule has 0 unspecified atom stereocenters. The zero-order chi connectivity index (χ0) is 11.4. The van der Waals surface area contributed by atoms with Crippen molar-refractivity contribution in [2.75, 3.05) is 0 Å². The molecule has 96 valence electrons. The van der Waals surface area contributed by atoms with E-state index in [-0.39, 0.29) is 0 Å². The second kappa shape index (κ2) is 2.91. The van der Waals surface area contributed by atoms with Crippen LogP contribution in [0.15, 0.2) is 11.1 Å². The lowest BCUT2D eigenvalue weighted by Gasteiger charge is -2.39. The van der Waals surface area contributed by atoms with Gasteiger partial charge in [0, 0.05) is 0 Å². The van der Waals surface area contributed by atoms with E-state index in [0.29, 0.717) is 0 Å². The first-order chi connectivity index (χ1) is 8.87. The molecular formula is C18H24. The Hall–Kier alpha value is -0.260. The molecule has 8 rings (SSSR count). The molecule has 8 saturated carbocycles. The van der Waals surface area contributed by atoms with Crippen molar-refractivity contribution in [2.45, 2.75) is 51.4 Å². The van der Waals surface area contributed by atoms with Gasteiger partial charge in [-0.2, -0.15) is 0 Å². The molecule has 8 aliphatic rings. The van der Waals surface area contributed by atoms with Crippen LogP contribution >= 0.6 is 0 Å². The van der Waals surface area contributed by atoms with Gasteiger partial charge in [0.15, 0.2) is 0 Å². The Bertz CT molecular complexity index is 353. The third kappa shape index (κ3) is 0.958. The van der Waals surface area contributed by atoms with Gasteiger partial charge in [-0.1, -0.05) is 11.1 Å². The van der Waals surface area contributed by atoms with E-state index in [0.717, 1.165) is 23.7 Å². The molecule has 0 heteroatoms. The predicted octanol–water partition coefficient (Wildman–Crippen LogP) is 4.42. The van der Waals surface area contributed by atoms with Gasteiger partial charge < -0.3 is 0 Å². The van der Waals surface area contributed by atoms with Crippen LogP contribution in [0.5, 0.6) is 0 Å². The van der Waals surface area contributed by atoms with Gasteiger partial charge in [-0.15, -0.1) is 0 Å². The molecule has 8 fully saturated rings. The molecule has 0 nitrogen and oxygen atoms in total. The Labute approximate surface area is 110 Å². The van der Waals surface area contributed by atoms with Gasteiger partial charge in [-0.05, 0) is 98.7 Å². The lowest BCUT2D eigenvalue weighted by atomic mass is 9.66. The summed E-state index contributed by atoms with van der Waals surface area (Å²) in [6.45, 7) is 0. The molecule has 8 aliphatic carbocycles. The summed E-state index contributed by atoms with van der Waals surface area (Å²) in [6, 6.07) is 0. The van der Waals surface area contributed by atoms with E-state index in [1.807, 2.05) is 0 Å². The molecule has 0 aliphatic heterocycles. The van der Waals surface area contributed by atoms with Crippen LogP contribution in [0, 0.1) is 47.3 Å². The Morgan fingerprint density at radius 3 is 0.833 bits per heavy atom. The molecule has 0 aromatic carbocycles. The molecule has 0 radical (unpaired) electrons. The Kier molecular flexibility index (Phi) is 1.56. The molecule has 0 heterocycles. The van der Waals surface area contributed by atoms with Crippen LogP contribution in [0.2, 0.25) is 0 Å². The van der Waals surface area contributed by atoms with Crippen LogP contribution in [0.25, 0.3) is 0 Å². The van der Waals surface area contributed by atoms with Crippen LogP contribution in [0.4, 0.5) is 0 Å². The molecule has 0 aromatic rings. The SMILES string of the molecule is C1C2CC3CC(CC13)C2=C1C2CC3CC1CC3C2. The first kappa shape index (κ1) is 9.61. The number of rotatable bonds is 0. The second-order valence-electron chi connectivity index (χ2n) is 8.62. The molecule has 0 saturated heterocycles. The van der Waals surface area contributed by atoms with E-state index >= 15 is 0 Å².